The maximum Gasteiger partial charge on any atom is 0.123 e. The highest BCUT2D eigenvalue weighted by Crippen LogP contribution is 2.24. The molecule has 0 aliphatic heterocycles. The van der Waals surface area contributed by atoms with Crippen molar-refractivity contribution in [1.29, 1.82) is 0 Å². The molecule has 1 saturated carbocycles. The summed E-state index contributed by atoms with van der Waals surface area (Å²) in [6.45, 7) is 1.44. The van der Waals surface area contributed by atoms with Gasteiger partial charge in [-0.25, -0.2) is 0 Å². The molecular formula is C16H25NO4. The Morgan fingerprint density at radius 2 is 2.14 bits per heavy atom. The van der Waals surface area contributed by atoms with Crippen molar-refractivity contribution in [2.45, 2.75) is 31.5 Å². The normalized spacial score (nSPS) is 23.0. The van der Waals surface area contributed by atoms with E-state index in [0.717, 1.165) is 31.6 Å². The van der Waals surface area contributed by atoms with E-state index < -0.39 is 6.10 Å². The molecule has 0 radical (unpaired) electrons. The summed E-state index contributed by atoms with van der Waals surface area (Å²) in [6.07, 6.45) is 2.28. The van der Waals surface area contributed by atoms with Crippen molar-refractivity contribution in [3.05, 3.63) is 24.3 Å². The van der Waals surface area contributed by atoms with Gasteiger partial charge < -0.3 is 25.0 Å². The number of hydrogen-bond donors (Lipinski definition) is 3. The van der Waals surface area contributed by atoms with Crippen LogP contribution >= 0.6 is 0 Å². The van der Waals surface area contributed by atoms with Gasteiger partial charge in [0, 0.05) is 19.2 Å². The highest BCUT2D eigenvalue weighted by molar-refractivity contribution is 5.32. The molecule has 1 aromatic rings. The van der Waals surface area contributed by atoms with Gasteiger partial charge in [0.15, 0.2) is 0 Å². The lowest BCUT2D eigenvalue weighted by molar-refractivity contribution is 0.0980. The molecule has 5 heteroatoms. The molecule has 5 nitrogen and oxygen atoms in total. The Hall–Kier alpha value is -1.30. The predicted molar refractivity (Wildman–Crippen MR) is 80.7 cm³/mol. The van der Waals surface area contributed by atoms with Crippen LogP contribution in [-0.2, 0) is 0 Å². The molecule has 3 N–H and O–H groups in total. The summed E-state index contributed by atoms with van der Waals surface area (Å²) in [5.74, 6) is 1.73. The zero-order chi connectivity index (χ0) is 15.1. The summed E-state index contributed by atoms with van der Waals surface area (Å²) in [4.78, 5) is 0. The maximum atomic E-state index is 9.90. The van der Waals surface area contributed by atoms with Crippen LogP contribution < -0.4 is 14.8 Å². The highest BCUT2D eigenvalue weighted by atomic mass is 16.5. The first-order chi connectivity index (χ1) is 10.2. The van der Waals surface area contributed by atoms with Crippen molar-refractivity contribution in [1.82, 2.24) is 5.32 Å². The standard InChI is InChI=1S/C16H25NO4/c1-20-14-5-3-6-15(8-14)21-11-13(18)10-17-9-12-4-2-7-16(12)19/h3,5-6,8,12-13,16-19H,2,4,7,9-11H2,1H3. The molecule has 3 unspecified atom stereocenters. The minimum atomic E-state index is -0.574. The van der Waals surface area contributed by atoms with Crippen molar-refractivity contribution in [3.63, 3.8) is 0 Å². The first kappa shape index (κ1) is 16.1. The number of nitrogens with one attached hydrogen (secondary N) is 1. The fourth-order valence-corrected chi connectivity index (χ4v) is 2.63. The largest absolute Gasteiger partial charge is 0.497 e. The van der Waals surface area contributed by atoms with Gasteiger partial charge in [0.05, 0.1) is 13.2 Å². The Morgan fingerprint density at radius 3 is 2.86 bits per heavy atom. The van der Waals surface area contributed by atoms with Crippen molar-refractivity contribution >= 4 is 0 Å². The molecule has 0 spiro atoms. The fraction of sp³-hybridized carbons (Fsp3) is 0.625. The van der Waals surface area contributed by atoms with Crippen LogP contribution in [0, 0.1) is 5.92 Å². The van der Waals surface area contributed by atoms with Crippen molar-refractivity contribution in [2.75, 3.05) is 26.8 Å². The Labute approximate surface area is 125 Å². The summed E-state index contributed by atoms with van der Waals surface area (Å²) in [5, 5.41) is 22.8. The summed E-state index contributed by atoms with van der Waals surface area (Å²) in [7, 11) is 1.61. The second-order valence-electron chi connectivity index (χ2n) is 5.56. The van der Waals surface area contributed by atoms with E-state index >= 15 is 0 Å². The van der Waals surface area contributed by atoms with E-state index in [9.17, 15) is 10.2 Å². The minimum absolute atomic E-state index is 0.192. The van der Waals surface area contributed by atoms with Gasteiger partial charge in [-0.15, -0.1) is 0 Å². The van der Waals surface area contributed by atoms with Gasteiger partial charge in [-0.1, -0.05) is 12.5 Å². The van der Waals surface area contributed by atoms with E-state index in [1.54, 1.807) is 13.2 Å². The van der Waals surface area contributed by atoms with Crippen molar-refractivity contribution < 1.29 is 19.7 Å². The molecule has 118 valence electrons. The van der Waals surface area contributed by atoms with Crippen LogP contribution in [0.1, 0.15) is 19.3 Å². The Bertz CT molecular complexity index is 426. The van der Waals surface area contributed by atoms with Crippen LogP contribution in [0.2, 0.25) is 0 Å². The lowest BCUT2D eigenvalue weighted by atomic mass is 10.1. The second-order valence-corrected chi connectivity index (χ2v) is 5.56. The van der Waals surface area contributed by atoms with E-state index in [1.807, 2.05) is 18.2 Å². The van der Waals surface area contributed by atoms with Crippen LogP contribution in [0.15, 0.2) is 24.3 Å². The maximum absolute atomic E-state index is 9.90. The number of methoxy groups -OCH3 is 1. The number of aliphatic hydroxyl groups excluding tert-OH is 2. The van der Waals surface area contributed by atoms with Crippen LogP contribution in [0.5, 0.6) is 11.5 Å². The number of aliphatic hydroxyl groups is 2. The number of rotatable bonds is 8. The van der Waals surface area contributed by atoms with Crippen LogP contribution in [0.25, 0.3) is 0 Å². The molecule has 1 fully saturated rings. The number of benzene rings is 1. The SMILES string of the molecule is COc1cccc(OCC(O)CNCC2CCCC2O)c1. The minimum Gasteiger partial charge on any atom is -0.497 e. The van der Waals surface area contributed by atoms with E-state index in [4.69, 9.17) is 9.47 Å². The average Bonchev–Trinajstić information content (AvgIpc) is 2.91. The smallest absolute Gasteiger partial charge is 0.123 e. The lowest BCUT2D eigenvalue weighted by Crippen LogP contribution is -2.35. The van der Waals surface area contributed by atoms with Gasteiger partial charge in [0.2, 0.25) is 0 Å². The number of ether oxygens (including phenoxy) is 2. The molecule has 0 saturated heterocycles. The molecule has 1 aromatic carbocycles. The topological polar surface area (TPSA) is 71.0 Å². The van der Waals surface area contributed by atoms with Crippen LogP contribution in [-0.4, -0.2) is 49.2 Å². The highest BCUT2D eigenvalue weighted by Gasteiger charge is 2.24. The zero-order valence-electron chi connectivity index (χ0n) is 12.5. The van der Waals surface area contributed by atoms with Crippen molar-refractivity contribution in [2.24, 2.45) is 5.92 Å². The molecular weight excluding hydrogens is 270 g/mol. The summed E-state index contributed by atoms with van der Waals surface area (Å²) in [6, 6.07) is 7.31. The zero-order valence-corrected chi connectivity index (χ0v) is 12.5. The molecule has 0 bridgehead atoms. The quantitative estimate of drug-likeness (QED) is 0.672. The van der Waals surface area contributed by atoms with Gasteiger partial charge >= 0.3 is 0 Å². The van der Waals surface area contributed by atoms with Gasteiger partial charge in [0.25, 0.3) is 0 Å². The number of hydrogen-bond acceptors (Lipinski definition) is 5. The first-order valence-corrected chi connectivity index (χ1v) is 7.52. The van der Waals surface area contributed by atoms with Gasteiger partial charge in [-0.2, -0.15) is 0 Å². The van der Waals surface area contributed by atoms with E-state index in [0.29, 0.717) is 18.2 Å². The average molecular weight is 295 g/mol. The lowest BCUT2D eigenvalue weighted by Gasteiger charge is -2.17. The van der Waals surface area contributed by atoms with E-state index in [-0.39, 0.29) is 12.7 Å². The Kier molecular flexibility index (Phi) is 6.29. The summed E-state index contributed by atoms with van der Waals surface area (Å²) in [5.41, 5.74) is 0. The van der Waals surface area contributed by atoms with Crippen LogP contribution in [0.3, 0.4) is 0 Å². The van der Waals surface area contributed by atoms with E-state index in [1.165, 1.54) is 0 Å². The predicted octanol–water partition coefficient (Wildman–Crippen LogP) is 1.19. The molecule has 21 heavy (non-hydrogen) atoms. The van der Waals surface area contributed by atoms with Gasteiger partial charge in [0.1, 0.15) is 24.2 Å². The molecule has 0 heterocycles. The van der Waals surface area contributed by atoms with Gasteiger partial charge in [-0.05, 0) is 30.9 Å². The third-order valence-electron chi connectivity index (χ3n) is 3.89. The Balaban J connectivity index is 1.63. The molecule has 1 aliphatic rings. The molecule has 1 aliphatic carbocycles. The molecule has 3 atom stereocenters. The molecule has 0 amide bonds. The second kappa shape index (κ2) is 8.22. The molecule has 2 rings (SSSR count). The summed E-state index contributed by atoms with van der Waals surface area (Å²) < 4.78 is 10.6. The Morgan fingerprint density at radius 1 is 1.33 bits per heavy atom. The third-order valence-corrected chi connectivity index (χ3v) is 3.89. The van der Waals surface area contributed by atoms with Gasteiger partial charge in [-0.3, -0.25) is 0 Å². The first-order valence-electron chi connectivity index (χ1n) is 7.52. The third kappa shape index (κ3) is 5.19. The summed E-state index contributed by atoms with van der Waals surface area (Å²) >= 11 is 0. The monoisotopic (exact) mass is 295 g/mol. The fourth-order valence-electron chi connectivity index (χ4n) is 2.63. The van der Waals surface area contributed by atoms with Crippen molar-refractivity contribution in [3.8, 4) is 11.5 Å². The molecule has 0 aromatic heterocycles. The van der Waals surface area contributed by atoms with Crippen LogP contribution in [0.4, 0.5) is 0 Å². The van der Waals surface area contributed by atoms with E-state index in [2.05, 4.69) is 5.32 Å².